The highest BCUT2D eigenvalue weighted by Crippen LogP contribution is 2.32. The average molecular weight is 326 g/mol. The molecule has 2 heterocycles. The maximum Gasteiger partial charge on any atom is 0.573 e. The monoisotopic (exact) mass is 326 g/mol. The zero-order valence-corrected chi connectivity index (χ0v) is 11.9. The molecule has 1 aromatic heterocycles. The summed E-state index contributed by atoms with van der Waals surface area (Å²) in [5.41, 5.74) is 0. The zero-order chi connectivity index (χ0) is 16.5. The maximum atomic E-state index is 13.8. The number of alkyl halides is 5. The van der Waals surface area contributed by atoms with Gasteiger partial charge in [0.15, 0.2) is 6.10 Å². The van der Waals surface area contributed by atoms with Crippen molar-refractivity contribution in [3.63, 3.8) is 0 Å². The van der Waals surface area contributed by atoms with E-state index < -0.39 is 30.7 Å². The molecule has 22 heavy (non-hydrogen) atoms. The summed E-state index contributed by atoms with van der Waals surface area (Å²) >= 11 is 0. The first kappa shape index (κ1) is 16.7. The largest absolute Gasteiger partial charge is 0.573 e. The summed E-state index contributed by atoms with van der Waals surface area (Å²) < 4.78 is 72.4. The normalized spacial score (nSPS) is 22.1. The molecule has 1 fully saturated rings. The molecule has 1 saturated heterocycles. The van der Waals surface area contributed by atoms with Gasteiger partial charge in [0.1, 0.15) is 5.75 Å². The summed E-state index contributed by atoms with van der Waals surface area (Å²) in [5, 5.41) is 0. The molecule has 1 atom stereocenters. The van der Waals surface area contributed by atoms with Crippen molar-refractivity contribution in [3.05, 3.63) is 18.3 Å². The van der Waals surface area contributed by atoms with Gasteiger partial charge in [0, 0.05) is 18.7 Å². The number of ether oxygens (including phenoxy) is 2. The van der Waals surface area contributed by atoms with Crippen molar-refractivity contribution in [2.75, 3.05) is 13.1 Å². The second-order valence-corrected chi connectivity index (χ2v) is 5.27. The smallest absolute Gasteiger partial charge is 0.466 e. The van der Waals surface area contributed by atoms with E-state index in [0.717, 1.165) is 18.3 Å². The molecule has 0 amide bonds. The Labute approximate surface area is 123 Å². The molecule has 0 aliphatic carbocycles. The van der Waals surface area contributed by atoms with Crippen molar-refractivity contribution in [2.24, 2.45) is 0 Å². The van der Waals surface area contributed by atoms with E-state index in [2.05, 4.69) is 9.72 Å². The molecule has 0 saturated carbocycles. The van der Waals surface area contributed by atoms with Crippen LogP contribution in [0.4, 0.5) is 22.0 Å². The molecule has 0 radical (unpaired) electrons. The quantitative estimate of drug-likeness (QED) is 0.797. The first-order valence-corrected chi connectivity index (χ1v) is 6.57. The van der Waals surface area contributed by atoms with Crippen LogP contribution in [0.25, 0.3) is 0 Å². The lowest BCUT2D eigenvalue weighted by atomic mass is 10.2. The fraction of sp³-hybridized carbons (Fsp3) is 0.615. The SMILES string of the molecule is CC(C)N1CC(Oc2ccc(OC(F)(F)F)cn2)C(F)(F)C1. The number of halogens is 5. The Kier molecular flexibility index (Phi) is 4.46. The minimum Gasteiger partial charge on any atom is -0.466 e. The third-order valence-electron chi connectivity index (χ3n) is 3.22. The van der Waals surface area contributed by atoms with Gasteiger partial charge >= 0.3 is 6.36 Å². The summed E-state index contributed by atoms with van der Waals surface area (Å²) in [6.07, 6.45) is -5.45. The highest BCUT2D eigenvalue weighted by Gasteiger charge is 2.50. The molecule has 1 unspecified atom stereocenters. The molecule has 0 spiro atoms. The highest BCUT2D eigenvalue weighted by molar-refractivity contribution is 5.23. The Morgan fingerprint density at radius 3 is 2.45 bits per heavy atom. The minimum absolute atomic E-state index is 0.0210. The van der Waals surface area contributed by atoms with Crippen molar-refractivity contribution in [1.82, 2.24) is 9.88 Å². The van der Waals surface area contributed by atoms with Gasteiger partial charge in [-0.15, -0.1) is 13.2 Å². The summed E-state index contributed by atoms with van der Waals surface area (Å²) in [5.74, 6) is -3.76. The van der Waals surface area contributed by atoms with Gasteiger partial charge in [-0.1, -0.05) is 0 Å². The van der Waals surface area contributed by atoms with E-state index in [4.69, 9.17) is 4.74 Å². The Hall–Kier alpha value is -1.64. The third-order valence-corrected chi connectivity index (χ3v) is 3.22. The highest BCUT2D eigenvalue weighted by atomic mass is 19.4. The van der Waals surface area contributed by atoms with Crippen molar-refractivity contribution in [1.29, 1.82) is 0 Å². The van der Waals surface area contributed by atoms with Gasteiger partial charge in [-0.05, 0) is 19.9 Å². The van der Waals surface area contributed by atoms with Crippen LogP contribution in [0.15, 0.2) is 18.3 Å². The number of pyridine rings is 1. The van der Waals surface area contributed by atoms with Gasteiger partial charge in [-0.3, -0.25) is 4.90 Å². The second kappa shape index (κ2) is 5.86. The van der Waals surface area contributed by atoms with Crippen molar-refractivity contribution >= 4 is 0 Å². The van der Waals surface area contributed by atoms with E-state index in [9.17, 15) is 22.0 Å². The third kappa shape index (κ3) is 4.19. The first-order chi connectivity index (χ1) is 10.1. The van der Waals surface area contributed by atoms with Crippen LogP contribution in [0.2, 0.25) is 0 Å². The van der Waals surface area contributed by atoms with E-state index in [1.807, 2.05) is 0 Å². The maximum absolute atomic E-state index is 13.8. The minimum atomic E-state index is -4.83. The van der Waals surface area contributed by atoms with Crippen molar-refractivity contribution in [3.8, 4) is 11.6 Å². The molecule has 4 nitrogen and oxygen atoms in total. The van der Waals surface area contributed by atoms with Gasteiger partial charge in [0.2, 0.25) is 5.88 Å². The first-order valence-electron chi connectivity index (χ1n) is 6.57. The molecule has 9 heteroatoms. The molecule has 0 bridgehead atoms. The zero-order valence-electron chi connectivity index (χ0n) is 11.9. The molecule has 1 aliphatic rings. The van der Waals surface area contributed by atoms with Crippen molar-refractivity contribution in [2.45, 2.75) is 38.3 Å². The number of rotatable bonds is 4. The molecule has 124 valence electrons. The Bertz CT molecular complexity index is 504. The average Bonchev–Trinajstić information content (AvgIpc) is 2.66. The van der Waals surface area contributed by atoms with Crippen LogP contribution in [-0.2, 0) is 0 Å². The Balaban J connectivity index is 2.02. The Morgan fingerprint density at radius 2 is 2.00 bits per heavy atom. The van der Waals surface area contributed by atoms with E-state index >= 15 is 0 Å². The lowest BCUT2D eigenvalue weighted by molar-refractivity contribution is -0.274. The summed E-state index contributed by atoms with van der Waals surface area (Å²) in [6, 6.07) is 1.97. The van der Waals surface area contributed by atoms with Crippen LogP contribution >= 0.6 is 0 Å². The van der Waals surface area contributed by atoms with E-state index in [1.165, 1.54) is 0 Å². The number of hydrogen-bond donors (Lipinski definition) is 0. The van der Waals surface area contributed by atoms with Crippen LogP contribution < -0.4 is 9.47 Å². The Morgan fingerprint density at radius 1 is 1.32 bits per heavy atom. The van der Waals surface area contributed by atoms with Crippen molar-refractivity contribution < 1.29 is 31.4 Å². The summed E-state index contributed by atoms with van der Waals surface area (Å²) in [6.45, 7) is 3.18. The predicted octanol–water partition coefficient (Wildman–Crippen LogP) is 3.09. The van der Waals surface area contributed by atoms with Crippen LogP contribution in [-0.4, -0.2) is 47.4 Å². The van der Waals surface area contributed by atoms with Gasteiger partial charge in [-0.25, -0.2) is 13.8 Å². The molecule has 1 aliphatic heterocycles. The number of likely N-dealkylation sites (tertiary alicyclic amines) is 1. The number of hydrogen-bond acceptors (Lipinski definition) is 4. The topological polar surface area (TPSA) is 34.6 Å². The van der Waals surface area contributed by atoms with E-state index in [-0.39, 0.29) is 18.5 Å². The number of aromatic nitrogens is 1. The lowest BCUT2D eigenvalue weighted by Crippen LogP contribution is -2.36. The predicted molar refractivity (Wildman–Crippen MR) is 67.0 cm³/mol. The van der Waals surface area contributed by atoms with Gasteiger partial charge in [-0.2, -0.15) is 0 Å². The summed E-state index contributed by atoms with van der Waals surface area (Å²) in [7, 11) is 0. The fourth-order valence-electron chi connectivity index (χ4n) is 2.08. The van der Waals surface area contributed by atoms with Gasteiger partial charge < -0.3 is 9.47 Å². The molecular weight excluding hydrogens is 311 g/mol. The molecule has 1 aromatic rings. The second-order valence-electron chi connectivity index (χ2n) is 5.27. The molecule has 2 rings (SSSR count). The van der Waals surface area contributed by atoms with Crippen LogP contribution in [0, 0.1) is 0 Å². The van der Waals surface area contributed by atoms with E-state index in [0.29, 0.717) is 0 Å². The molecule has 0 N–H and O–H groups in total. The van der Waals surface area contributed by atoms with Gasteiger partial charge in [0.05, 0.1) is 12.7 Å². The molecule has 0 aromatic carbocycles. The standard InChI is InChI=1S/C13H15F5N2O2/c1-8(2)20-6-10(12(14,15)7-20)21-11-4-3-9(5-19-11)22-13(16,17)18/h3-5,8,10H,6-7H2,1-2H3. The summed E-state index contributed by atoms with van der Waals surface area (Å²) in [4.78, 5) is 5.12. The fourth-order valence-corrected chi connectivity index (χ4v) is 2.08. The van der Waals surface area contributed by atoms with Gasteiger partial charge in [0.25, 0.3) is 5.92 Å². The lowest BCUT2D eigenvalue weighted by Gasteiger charge is -2.19. The van der Waals surface area contributed by atoms with Crippen LogP contribution in [0.5, 0.6) is 11.6 Å². The number of nitrogens with zero attached hydrogens (tertiary/aromatic N) is 2. The molecular formula is C13H15F5N2O2. The van der Waals surface area contributed by atoms with Crippen LogP contribution in [0.3, 0.4) is 0 Å². The van der Waals surface area contributed by atoms with E-state index in [1.54, 1.807) is 18.7 Å². The van der Waals surface area contributed by atoms with Crippen LogP contribution in [0.1, 0.15) is 13.8 Å².